The van der Waals surface area contributed by atoms with Gasteiger partial charge in [0.05, 0.1) is 18.9 Å². The number of benzene rings is 2. The summed E-state index contributed by atoms with van der Waals surface area (Å²) in [4.78, 5) is 51.0. The van der Waals surface area contributed by atoms with Crippen molar-refractivity contribution in [3.63, 3.8) is 0 Å². The number of ether oxygens (including phenoxy) is 2. The third-order valence-electron chi connectivity index (χ3n) is 5.41. The van der Waals surface area contributed by atoms with E-state index in [1.165, 1.54) is 19.3 Å². The van der Waals surface area contributed by atoms with Crippen molar-refractivity contribution < 1.29 is 28.8 Å². The van der Waals surface area contributed by atoms with Gasteiger partial charge in [0, 0.05) is 10.5 Å². The zero-order chi connectivity index (χ0) is 26.5. The Hall–Kier alpha value is -4.27. The van der Waals surface area contributed by atoms with E-state index < -0.39 is 46.8 Å². The van der Waals surface area contributed by atoms with Crippen LogP contribution in [0.25, 0.3) is 12.2 Å². The monoisotopic (exact) mass is 492 g/mol. The Morgan fingerprint density at radius 2 is 1.72 bits per heavy atom. The first-order chi connectivity index (χ1) is 17.0. The first kappa shape index (κ1) is 26.3. The van der Waals surface area contributed by atoms with Gasteiger partial charge in [-0.25, -0.2) is 4.79 Å². The highest BCUT2D eigenvalue weighted by molar-refractivity contribution is 6.24. The molecule has 1 saturated heterocycles. The molecule has 1 fully saturated rings. The number of methoxy groups -OCH3 is 1. The van der Waals surface area contributed by atoms with E-state index in [0.717, 1.165) is 5.56 Å². The predicted molar refractivity (Wildman–Crippen MR) is 133 cm³/mol. The van der Waals surface area contributed by atoms with E-state index in [2.05, 4.69) is 0 Å². The largest absolute Gasteiger partial charge is 0.497 e. The highest BCUT2D eigenvalue weighted by Crippen LogP contribution is 2.35. The number of amides is 3. The van der Waals surface area contributed by atoms with Crippen molar-refractivity contribution in [3.8, 4) is 5.75 Å². The van der Waals surface area contributed by atoms with Crippen molar-refractivity contribution in [3.05, 3.63) is 87.5 Å². The molecule has 0 aromatic heterocycles. The van der Waals surface area contributed by atoms with E-state index in [4.69, 9.17) is 9.47 Å². The molecule has 0 saturated carbocycles. The van der Waals surface area contributed by atoms with Crippen LogP contribution in [-0.2, 0) is 14.3 Å². The number of hydrogen-bond donors (Lipinski definition) is 0. The second-order valence-electron chi connectivity index (χ2n) is 9.26. The lowest BCUT2D eigenvalue weighted by Crippen LogP contribution is -2.41. The van der Waals surface area contributed by atoms with Crippen molar-refractivity contribution in [2.45, 2.75) is 26.4 Å². The molecular weight excluding hydrogens is 464 g/mol. The molecule has 0 N–H and O–H groups in total. The minimum Gasteiger partial charge on any atom is -0.497 e. The standard InChI is InChI=1S/C27H28N2O7/c1-27(2,3)36-26(32)29-24(30)22(16-19-8-6-5-7-9-19)23(25(29)31)20(17-28(33)34)13-10-18-11-14-21(35-4)15-12-18/h5-16,20,23H,17H2,1-4H3/b13-10+,22-16+/t20-,23+/m0/s1. The zero-order valence-electron chi connectivity index (χ0n) is 20.5. The van der Waals surface area contributed by atoms with Gasteiger partial charge in [-0.2, -0.15) is 4.90 Å². The lowest BCUT2D eigenvalue weighted by molar-refractivity contribution is -0.486. The summed E-state index contributed by atoms with van der Waals surface area (Å²) in [7, 11) is 1.54. The summed E-state index contributed by atoms with van der Waals surface area (Å²) in [5.41, 5.74) is 0.374. The molecule has 1 aliphatic heterocycles. The van der Waals surface area contributed by atoms with Gasteiger partial charge in [-0.15, -0.1) is 0 Å². The topological polar surface area (TPSA) is 116 Å². The maximum Gasteiger partial charge on any atom is 0.424 e. The molecule has 2 aromatic carbocycles. The summed E-state index contributed by atoms with van der Waals surface area (Å²) in [6.07, 6.45) is 3.54. The second-order valence-corrected chi connectivity index (χ2v) is 9.26. The van der Waals surface area contributed by atoms with Crippen molar-refractivity contribution in [1.29, 1.82) is 0 Å². The average molecular weight is 493 g/mol. The van der Waals surface area contributed by atoms with Crippen LogP contribution in [0.1, 0.15) is 31.9 Å². The van der Waals surface area contributed by atoms with Crippen LogP contribution < -0.4 is 4.74 Å². The van der Waals surface area contributed by atoms with Crippen LogP contribution in [-0.4, -0.2) is 47.0 Å². The fraction of sp³-hybridized carbons (Fsp3) is 0.296. The molecule has 3 amide bonds. The van der Waals surface area contributed by atoms with Gasteiger partial charge in [0.1, 0.15) is 11.4 Å². The first-order valence-electron chi connectivity index (χ1n) is 11.3. The van der Waals surface area contributed by atoms with Gasteiger partial charge in [-0.05, 0) is 50.1 Å². The van der Waals surface area contributed by atoms with Gasteiger partial charge in [0.25, 0.3) is 5.91 Å². The molecule has 2 aromatic rings. The molecule has 3 rings (SSSR count). The number of likely N-dealkylation sites (tertiary alicyclic amines) is 1. The minimum atomic E-state index is -1.25. The maximum absolute atomic E-state index is 13.5. The molecule has 188 valence electrons. The highest BCUT2D eigenvalue weighted by atomic mass is 16.6. The number of imide groups is 3. The third kappa shape index (κ3) is 6.44. The summed E-state index contributed by atoms with van der Waals surface area (Å²) < 4.78 is 10.4. The van der Waals surface area contributed by atoms with E-state index in [0.29, 0.717) is 16.2 Å². The summed E-state index contributed by atoms with van der Waals surface area (Å²) in [5.74, 6) is -3.31. The van der Waals surface area contributed by atoms with Gasteiger partial charge in [-0.3, -0.25) is 19.7 Å². The normalized spacial score (nSPS) is 18.1. The minimum absolute atomic E-state index is 0.0108. The zero-order valence-corrected chi connectivity index (χ0v) is 20.5. The first-order valence-corrected chi connectivity index (χ1v) is 11.3. The lowest BCUT2D eigenvalue weighted by Gasteiger charge is -2.22. The van der Waals surface area contributed by atoms with E-state index >= 15 is 0 Å². The van der Waals surface area contributed by atoms with Crippen LogP contribution >= 0.6 is 0 Å². The van der Waals surface area contributed by atoms with Gasteiger partial charge in [0.15, 0.2) is 0 Å². The van der Waals surface area contributed by atoms with Crippen molar-refractivity contribution >= 4 is 30.1 Å². The number of carbonyl (C=O) groups is 3. The summed E-state index contributed by atoms with van der Waals surface area (Å²) in [5, 5.41) is 11.6. The molecule has 1 aliphatic rings. The Balaban J connectivity index is 2.06. The van der Waals surface area contributed by atoms with Gasteiger partial charge in [-0.1, -0.05) is 54.6 Å². The highest BCUT2D eigenvalue weighted by Gasteiger charge is 2.51. The van der Waals surface area contributed by atoms with Crippen LogP contribution in [0.2, 0.25) is 0 Å². The van der Waals surface area contributed by atoms with Gasteiger partial charge >= 0.3 is 6.09 Å². The average Bonchev–Trinajstić information content (AvgIpc) is 3.05. The van der Waals surface area contributed by atoms with E-state index in [9.17, 15) is 24.5 Å². The molecule has 9 nitrogen and oxygen atoms in total. The summed E-state index contributed by atoms with van der Waals surface area (Å²) in [6.45, 7) is 4.22. The van der Waals surface area contributed by atoms with Gasteiger partial charge < -0.3 is 9.47 Å². The van der Waals surface area contributed by atoms with Crippen LogP contribution in [0.5, 0.6) is 5.75 Å². The Bertz CT molecular complexity index is 1190. The molecule has 0 radical (unpaired) electrons. The van der Waals surface area contributed by atoms with Crippen LogP contribution in [0.4, 0.5) is 4.79 Å². The van der Waals surface area contributed by atoms with Crippen LogP contribution in [0.3, 0.4) is 0 Å². The molecule has 0 bridgehead atoms. The van der Waals surface area contributed by atoms with Gasteiger partial charge in [0.2, 0.25) is 12.5 Å². The maximum atomic E-state index is 13.5. The number of nitrogens with zero attached hydrogens (tertiary/aromatic N) is 2. The smallest absolute Gasteiger partial charge is 0.424 e. The molecule has 0 unspecified atom stereocenters. The quantitative estimate of drug-likeness (QED) is 0.240. The number of hydrogen-bond acceptors (Lipinski definition) is 7. The lowest BCUT2D eigenvalue weighted by atomic mass is 9.85. The number of rotatable bonds is 7. The molecular formula is C27H28N2O7. The third-order valence-corrected chi connectivity index (χ3v) is 5.41. The molecule has 0 aliphatic carbocycles. The molecule has 2 atom stereocenters. The van der Waals surface area contributed by atoms with Crippen LogP contribution in [0, 0.1) is 22.0 Å². The summed E-state index contributed by atoms with van der Waals surface area (Å²) >= 11 is 0. The Labute approximate surface area is 209 Å². The van der Waals surface area contributed by atoms with Crippen molar-refractivity contribution in [2.24, 2.45) is 11.8 Å². The van der Waals surface area contributed by atoms with E-state index in [1.54, 1.807) is 81.4 Å². The SMILES string of the molecule is COc1ccc(/C=C/[C@@H](C[N+](=O)[O-])[C@H]2C(=O)N(C(=O)OC(C)(C)C)C(=O)/C2=C/c2ccccc2)cc1. The van der Waals surface area contributed by atoms with Crippen LogP contribution in [0.15, 0.2) is 66.2 Å². The van der Waals surface area contributed by atoms with E-state index in [-0.39, 0.29) is 5.57 Å². The fourth-order valence-corrected chi connectivity index (χ4v) is 3.81. The number of nitro groups is 1. The Kier molecular flexibility index (Phi) is 8.03. The number of carbonyl (C=O) groups excluding carboxylic acids is 3. The fourth-order valence-electron chi connectivity index (χ4n) is 3.81. The molecule has 9 heteroatoms. The summed E-state index contributed by atoms with van der Waals surface area (Å²) in [6, 6.07) is 15.7. The Morgan fingerprint density at radius 1 is 1.08 bits per heavy atom. The van der Waals surface area contributed by atoms with Crippen molar-refractivity contribution in [1.82, 2.24) is 4.90 Å². The predicted octanol–water partition coefficient (Wildman–Crippen LogP) is 4.61. The second kappa shape index (κ2) is 11.0. The van der Waals surface area contributed by atoms with E-state index in [1.807, 2.05) is 0 Å². The molecule has 0 spiro atoms. The molecule has 1 heterocycles. The van der Waals surface area contributed by atoms with Crippen molar-refractivity contribution in [2.75, 3.05) is 13.7 Å². The Morgan fingerprint density at radius 3 is 2.28 bits per heavy atom. The molecule has 36 heavy (non-hydrogen) atoms.